The molecule has 0 aliphatic carbocycles. The average molecular weight is 221 g/mol. The second-order valence-corrected chi connectivity index (χ2v) is 3.53. The van der Waals surface area contributed by atoms with Gasteiger partial charge >= 0.3 is 0 Å². The minimum Gasteiger partial charge on any atom is -0.375 e. The Morgan fingerprint density at radius 2 is 2.25 bits per heavy atom. The summed E-state index contributed by atoms with van der Waals surface area (Å²) >= 11 is 0. The molecule has 1 N–H and O–H groups in total. The highest BCUT2D eigenvalue weighted by molar-refractivity contribution is 5.46. The molecule has 6 heteroatoms. The fourth-order valence-corrected chi connectivity index (χ4v) is 1.33. The number of nitrogens with zero attached hydrogens (tertiary/aromatic N) is 4. The number of rotatable bonds is 3. The van der Waals surface area contributed by atoms with Crippen molar-refractivity contribution in [2.75, 3.05) is 5.32 Å². The first-order valence-corrected chi connectivity index (χ1v) is 4.88. The molecule has 0 spiro atoms. The van der Waals surface area contributed by atoms with Crippen molar-refractivity contribution in [2.24, 2.45) is 7.05 Å². The summed E-state index contributed by atoms with van der Waals surface area (Å²) in [5.74, 6) is 0.256. The minimum atomic E-state index is -0.274. The van der Waals surface area contributed by atoms with Crippen molar-refractivity contribution in [3.63, 3.8) is 0 Å². The minimum absolute atomic E-state index is 0.274. The lowest BCUT2D eigenvalue weighted by Gasteiger charge is -2.05. The Kier molecular flexibility index (Phi) is 2.80. The summed E-state index contributed by atoms with van der Waals surface area (Å²) in [5, 5.41) is 14.4. The molecule has 0 unspecified atom stereocenters. The monoisotopic (exact) mass is 221 g/mol. The van der Waals surface area contributed by atoms with Gasteiger partial charge in [-0.2, -0.15) is 4.80 Å². The van der Waals surface area contributed by atoms with E-state index in [2.05, 4.69) is 20.7 Å². The maximum atomic E-state index is 13.4. The molecule has 0 bridgehead atoms. The van der Waals surface area contributed by atoms with Crippen LogP contribution in [0, 0.1) is 12.7 Å². The van der Waals surface area contributed by atoms with Crippen LogP contribution in [0.1, 0.15) is 11.4 Å². The van der Waals surface area contributed by atoms with Crippen LogP contribution in [0.3, 0.4) is 0 Å². The van der Waals surface area contributed by atoms with Crippen molar-refractivity contribution < 1.29 is 4.39 Å². The number of nitrogens with one attached hydrogen (secondary N) is 1. The Morgan fingerprint density at radius 3 is 2.88 bits per heavy atom. The topological polar surface area (TPSA) is 55.6 Å². The van der Waals surface area contributed by atoms with E-state index >= 15 is 0 Å². The van der Waals surface area contributed by atoms with Crippen LogP contribution >= 0.6 is 0 Å². The van der Waals surface area contributed by atoms with Gasteiger partial charge < -0.3 is 5.32 Å². The number of aryl methyl sites for hydroxylation is 2. The number of anilines is 1. The summed E-state index contributed by atoms with van der Waals surface area (Å²) < 4.78 is 13.4. The number of aromatic nitrogens is 4. The molecule has 2 rings (SSSR count). The lowest BCUT2D eigenvalue weighted by atomic mass is 10.2. The molecule has 0 amide bonds. The van der Waals surface area contributed by atoms with Crippen LogP contribution in [0.4, 0.5) is 10.1 Å². The molecule has 0 atom stereocenters. The zero-order valence-electron chi connectivity index (χ0n) is 9.11. The first-order valence-electron chi connectivity index (χ1n) is 4.88. The van der Waals surface area contributed by atoms with E-state index in [4.69, 9.17) is 0 Å². The Bertz CT molecular complexity index is 494. The molecule has 1 aromatic carbocycles. The predicted octanol–water partition coefficient (Wildman–Crippen LogP) is 1.27. The van der Waals surface area contributed by atoms with Gasteiger partial charge in [-0.25, -0.2) is 4.39 Å². The number of benzene rings is 1. The van der Waals surface area contributed by atoms with Crippen LogP contribution in [0.15, 0.2) is 18.2 Å². The molecule has 0 saturated carbocycles. The van der Waals surface area contributed by atoms with Crippen LogP contribution in [0.5, 0.6) is 0 Å². The molecule has 5 nitrogen and oxygen atoms in total. The summed E-state index contributed by atoms with van der Waals surface area (Å²) in [4.78, 5) is 1.36. The van der Waals surface area contributed by atoms with E-state index in [1.165, 1.54) is 10.9 Å². The Hall–Kier alpha value is -1.98. The molecule has 0 saturated heterocycles. The van der Waals surface area contributed by atoms with Crippen molar-refractivity contribution in [3.8, 4) is 0 Å². The fourth-order valence-electron chi connectivity index (χ4n) is 1.33. The molecule has 0 radical (unpaired) electrons. The second kappa shape index (κ2) is 4.26. The van der Waals surface area contributed by atoms with E-state index in [9.17, 15) is 4.39 Å². The third-order valence-corrected chi connectivity index (χ3v) is 2.11. The third kappa shape index (κ3) is 2.33. The van der Waals surface area contributed by atoms with Crippen LogP contribution in [-0.4, -0.2) is 20.2 Å². The molecule has 0 fully saturated rings. The van der Waals surface area contributed by atoms with Gasteiger partial charge in [-0.15, -0.1) is 10.2 Å². The molecular formula is C10H12FN5. The van der Waals surface area contributed by atoms with Gasteiger partial charge in [0.25, 0.3) is 0 Å². The van der Waals surface area contributed by atoms with E-state index in [1.54, 1.807) is 13.1 Å². The van der Waals surface area contributed by atoms with Crippen molar-refractivity contribution in [1.29, 1.82) is 0 Å². The molecule has 1 heterocycles. The number of halogens is 1. The van der Waals surface area contributed by atoms with E-state index in [-0.39, 0.29) is 5.82 Å². The van der Waals surface area contributed by atoms with Gasteiger partial charge in [-0.3, -0.25) is 0 Å². The van der Waals surface area contributed by atoms with Crippen LogP contribution < -0.4 is 5.32 Å². The SMILES string of the molecule is Cc1ccc(NCc2nnn(C)n2)c(F)c1. The maximum Gasteiger partial charge on any atom is 0.193 e. The summed E-state index contributed by atoms with van der Waals surface area (Å²) in [6, 6.07) is 5.02. The van der Waals surface area contributed by atoms with Crippen LogP contribution in [0.25, 0.3) is 0 Å². The quantitative estimate of drug-likeness (QED) is 0.848. The second-order valence-electron chi connectivity index (χ2n) is 3.53. The molecule has 1 aromatic heterocycles. The molecule has 0 aliphatic heterocycles. The highest BCUT2D eigenvalue weighted by Crippen LogP contribution is 2.15. The predicted molar refractivity (Wildman–Crippen MR) is 57.3 cm³/mol. The molecule has 16 heavy (non-hydrogen) atoms. The Balaban J connectivity index is 2.04. The Morgan fingerprint density at radius 1 is 1.44 bits per heavy atom. The van der Waals surface area contributed by atoms with Crippen molar-refractivity contribution in [3.05, 3.63) is 35.4 Å². The highest BCUT2D eigenvalue weighted by Gasteiger charge is 2.04. The number of hydrogen-bond donors (Lipinski definition) is 1. The van der Waals surface area contributed by atoms with E-state index < -0.39 is 0 Å². The van der Waals surface area contributed by atoms with Gasteiger partial charge in [-0.1, -0.05) is 6.07 Å². The molecule has 84 valence electrons. The lowest BCUT2D eigenvalue weighted by molar-refractivity contribution is 0.625. The van der Waals surface area contributed by atoms with Gasteiger partial charge in [0.2, 0.25) is 0 Å². The average Bonchev–Trinajstić information content (AvgIpc) is 2.63. The normalized spacial score (nSPS) is 10.4. The highest BCUT2D eigenvalue weighted by atomic mass is 19.1. The largest absolute Gasteiger partial charge is 0.375 e. The van der Waals surface area contributed by atoms with Gasteiger partial charge in [-0.05, 0) is 29.8 Å². The zero-order valence-corrected chi connectivity index (χ0v) is 9.11. The van der Waals surface area contributed by atoms with E-state index in [0.29, 0.717) is 18.1 Å². The first-order chi connectivity index (χ1) is 7.65. The summed E-state index contributed by atoms with van der Waals surface area (Å²) in [6.45, 7) is 2.20. The van der Waals surface area contributed by atoms with Crippen LogP contribution in [0.2, 0.25) is 0 Å². The summed E-state index contributed by atoms with van der Waals surface area (Å²) in [7, 11) is 1.68. The lowest BCUT2D eigenvalue weighted by Crippen LogP contribution is -2.04. The van der Waals surface area contributed by atoms with Gasteiger partial charge in [0.1, 0.15) is 5.82 Å². The van der Waals surface area contributed by atoms with Crippen molar-refractivity contribution >= 4 is 5.69 Å². The summed E-state index contributed by atoms with van der Waals surface area (Å²) in [5.41, 5.74) is 1.33. The molecular weight excluding hydrogens is 209 g/mol. The van der Waals surface area contributed by atoms with Crippen molar-refractivity contribution in [1.82, 2.24) is 20.2 Å². The standard InChI is InChI=1S/C10H12FN5/c1-7-3-4-9(8(11)5-7)12-6-10-13-15-16(2)14-10/h3-5,12H,6H2,1-2H3. The molecule has 2 aromatic rings. The summed E-state index contributed by atoms with van der Waals surface area (Å²) in [6.07, 6.45) is 0. The molecule has 0 aliphatic rings. The maximum absolute atomic E-state index is 13.4. The van der Waals surface area contributed by atoms with Crippen LogP contribution in [-0.2, 0) is 13.6 Å². The zero-order chi connectivity index (χ0) is 11.5. The van der Waals surface area contributed by atoms with Gasteiger partial charge in [0.15, 0.2) is 5.82 Å². The van der Waals surface area contributed by atoms with Gasteiger partial charge in [0, 0.05) is 0 Å². The fraction of sp³-hybridized carbons (Fsp3) is 0.300. The third-order valence-electron chi connectivity index (χ3n) is 2.11. The van der Waals surface area contributed by atoms with E-state index in [1.807, 2.05) is 13.0 Å². The van der Waals surface area contributed by atoms with E-state index in [0.717, 1.165) is 5.56 Å². The number of hydrogen-bond acceptors (Lipinski definition) is 4. The number of tetrazole rings is 1. The van der Waals surface area contributed by atoms with Gasteiger partial charge in [0.05, 0.1) is 19.3 Å². The Labute approximate surface area is 92.3 Å². The van der Waals surface area contributed by atoms with Crippen molar-refractivity contribution in [2.45, 2.75) is 13.5 Å². The first kappa shape index (κ1) is 10.5. The smallest absolute Gasteiger partial charge is 0.193 e.